The lowest BCUT2D eigenvalue weighted by molar-refractivity contribution is 0.304. The molecule has 88 valence electrons. The van der Waals surface area contributed by atoms with Gasteiger partial charge < -0.3 is 10.5 Å². The average Bonchev–Trinajstić information content (AvgIpc) is 2.15. The van der Waals surface area contributed by atoms with Crippen LogP contribution in [0.1, 0.15) is 19.3 Å². The van der Waals surface area contributed by atoms with Gasteiger partial charge in [-0.1, -0.05) is 0 Å². The number of hydrogen-bond donors (Lipinski definition) is 2. The van der Waals surface area contributed by atoms with E-state index in [1.165, 1.54) is 0 Å². The van der Waals surface area contributed by atoms with E-state index >= 15 is 0 Å². The molecule has 0 radical (unpaired) electrons. The van der Waals surface area contributed by atoms with Crippen molar-refractivity contribution in [2.24, 2.45) is 5.73 Å². The fourth-order valence-electron chi connectivity index (χ4n) is 1.22. The minimum atomic E-state index is -0.654. The van der Waals surface area contributed by atoms with Gasteiger partial charge in [-0.25, -0.2) is 8.78 Å². The van der Waals surface area contributed by atoms with Crippen molar-refractivity contribution in [3.8, 4) is 5.75 Å². The second kappa shape index (κ2) is 6.05. The Balaban J connectivity index is 2.29. The highest BCUT2D eigenvalue weighted by atomic mass is 19.1. The predicted molar refractivity (Wildman–Crippen MR) is 57.6 cm³/mol. The fourth-order valence-corrected chi connectivity index (χ4v) is 1.22. The third kappa shape index (κ3) is 4.72. The molecule has 3 N–H and O–H groups in total. The van der Waals surface area contributed by atoms with Crippen molar-refractivity contribution in [1.29, 1.82) is 5.41 Å². The van der Waals surface area contributed by atoms with Crippen molar-refractivity contribution in [2.75, 3.05) is 6.61 Å². The van der Waals surface area contributed by atoms with Crippen LogP contribution in [0.5, 0.6) is 5.75 Å². The number of halogens is 2. The number of ether oxygens (including phenoxy) is 1. The summed E-state index contributed by atoms with van der Waals surface area (Å²) in [5.41, 5.74) is 5.17. The largest absolute Gasteiger partial charge is 0.493 e. The molecule has 0 bridgehead atoms. The van der Waals surface area contributed by atoms with Gasteiger partial charge in [0.15, 0.2) is 0 Å². The maximum absolute atomic E-state index is 12.7. The van der Waals surface area contributed by atoms with Crippen LogP contribution < -0.4 is 10.5 Å². The molecule has 0 heterocycles. The number of rotatable bonds is 6. The molecule has 0 spiro atoms. The molecule has 0 aliphatic rings. The highest BCUT2D eigenvalue weighted by molar-refractivity contribution is 5.76. The van der Waals surface area contributed by atoms with Crippen molar-refractivity contribution in [2.45, 2.75) is 19.3 Å². The standard InChI is InChI=1S/C11H14F2N2O/c12-8-5-9(13)7-10(6-8)16-4-2-1-3-11(14)15/h5-7H,1-4H2,(H3,14,15). The molecular weight excluding hydrogens is 214 g/mol. The highest BCUT2D eigenvalue weighted by Crippen LogP contribution is 2.15. The van der Waals surface area contributed by atoms with E-state index in [0.29, 0.717) is 19.4 Å². The SMILES string of the molecule is N=C(N)CCCCOc1cc(F)cc(F)c1. The third-order valence-corrected chi connectivity index (χ3v) is 1.95. The molecule has 0 aliphatic heterocycles. The molecule has 0 saturated carbocycles. The third-order valence-electron chi connectivity index (χ3n) is 1.95. The van der Waals surface area contributed by atoms with Gasteiger partial charge in [0.05, 0.1) is 12.4 Å². The van der Waals surface area contributed by atoms with Crippen LogP contribution in [-0.4, -0.2) is 12.4 Å². The summed E-state index contributed by atoms with van der Waals surface area (Å²) in [6.45, 7) is 0.357. The zero-order chi connectivity index (χ0) is 12.0. The smallest absolute Gasteiger partial charge is 0.129 e. The Labute approximate surface area is 92.7 Å². The van der Waals surface area contributed by atoms with Crippen molar-refractivity contribution in [1.82, 2.24) is 0 Å². The van der Waals surface area contributed by atoms with Crippen LogP contribution in [0.3, 0.4) is 0 Å². The van der Waals surface area contributed by atoms with E-state index in [1.54, 1.807) is 0 Å². The Bertz CT molecular complexity index is 349. The first-order chi connectivity index (χ1) is 7.58. The van der Waals surface area contributed by atoms with Crippen LogP contribution >= 0.6 is 0 Å². The van der Waals surface area contributed by atoms with Gasteiger partial charge in [-0.05, 0) is 12.8 Å². The number of unbranched alkanes of at least 4 members (excludes halogenated alkanes) is 1. The summed E-state index contributed by atoms with van der Waals surface area (Å²) in [4.78, 5) is 0. The molecule has 1 aromatic carbocycles. The number of nitrogens with two attached hydrogens (primary N) is 1. The molecule has 0 fully saturated rings. The molecular formula is C11H14F2N2O. The lowest BCUT2D eigenvalue weighted by atomic mass is 10.2. The summed E-state index contributed by atoms with van der Waals surface area (Å²) >= 11 is 0. The van der Waals surface area contributed by atoms with Crippen molar-refractivity contribution >= 4 is 5.84 Å². The van der Waals surface area contributed by atoms with Gasteiger partial charge in [0, 0.05) is 24.6 Å². The molecule has 0 unspecified atom stereocenters. The summed E-state index contributed by atoms with van der Waals surface area (Å²) in [5, 5.41) is 6.99. The lowest BCUT2D eigenvalue weighted by Gasteiger charge is -2.06. The van der Waals surface area contributed by atoms with Gasteiger partial charge in [-0.3, -0.25) is 5.41 Å². The lowest BCUT2D eigenvalue weighted by Crippen LogP contribution is -2.09. The molecule has 5 heteroatoms. The Morgan fingerprint density at radius 1 is 1.19 bits per heavy atom. The van der Waals surface area contributed by atoms with E-state index in [0.717, 1.165) is 24.6 Å². The van der Waals surface area contributed by atoms with Crippen LogP contribution in [-0.2, 0) is 0 Å². The summed E-state index contributed by atoms with van der Waals surface area (Å²) in [6, 6.07) is 3.06. The van der Waals surface area contributed by atoms with Gasteiger partial charge in [0.25, 0.3) is 0 Å². The first-order valence-corrected chi connectivity index (χ1v) is 5.00. The van der Waals surface area contributed by atoms with Crippen molar-refractivity contribution in [3.63, 3.8) is 0 Å². The minimum absolute atomic E-state index is 0.136. The van der Waals surface area contributed by atoms with E-state index in [4.69, 9.17) is 15.9 Å². The van der Waals surface area contributed by atoms with Crippen molar-refractivity contribution in [3.05, 3.63) is 29.8 Å². The minimum Gasteiger partial charge on any atom is -0.493 e. The quantitative estimate of drug-likeness (QED) is 0.446. The summed E-state index contributed by atoms with van der Waals surface area (Å²) in [5.74, 6) is -0.991. The average molecular weight is 228 g/mol. The number of hydrogen-bond acceptors (Lipinski definition) is 2. The first kappa shape index (κ1) is 12.4. The Kier molecular flexibility index (Phi) is 4.69. The van der Waals surface area contributed by atoms with Gasteiger partial charge in [0.1, 0.15) is 17.4 Å². The molecule has 1 aromatic rings. The first-order valence-electron chi connectivity index (χ1n) is 5.00. The number of amidine groups is 1. The van der Waals surface area contributed by atoms with E-state index in [9.17, 15) is 8.78 Å². The van der Waals surface area contributed by atoms with Crippen LogP contribution in [0, 0.1) is 17.0 Å². The fraction of sp³-hybridized carbons (Fsp3) is 0.364. The summed E-state index contributed by atoms with van der Waals surface area (Å²) in [6.07, 6.45) is 1.94. The molecule has 16 heavy (non-hydrogen) atoms. The second-order valence-electron chi connectivity index (χ2n) is 3.44. The Morgan fingerprint density at radius 3 is 2.38 bits per heavy atom. The van der Waals surface area contributed by atoms with Gasteiger partial charge >= 0.3 is 0 Å². The molecule has 0 aromatic heterocycles. The monoisotopic (exact) mass is 228 g/mol. The zero-order valence-corrected chi connectivity index (χ0v) is 8.80. The molecule has 1 rings (SSSR count). The van der Waals surface area contributed by atoms with Crippen molar-refractivity contribution < 1.29 is 13.5 Å². The van der Waals surface area contributed by atoms with Crippen LogP contribution in [0.15, 0.2) is 18.2 Å². The molecule has 0 saturated heterocycles. The molecule has 0 atom stereocenters. The van der Waals surface area contributed by atoms with Gasteiger partial charge in [-0.15, -0.1) is 0 Å². The van der Waals surface area contributed by atoms with Crippen LogP contribution in [0.25, 0.3) is 0 Å². The van der Waals surface area contributed by atoms with Gasteiger partial charge in [-0.2, -0.15) is 0 Å². The molecule has 0 amide bonds. The Hall–Kier alpha value is -1.65. The normalized spacial score (nSPS) is 10.1. The summed E-state index contributed by atoms with van der Waals surface area (Å²) in [7, 11) is 0. The van der Waals surface area contributed by atoms with E-state index in [2.05, 4.69) is 0 Å². The molecule has 0 aliphatic carbocycles. The van der Waals surface area contributed by atoms with E-state index in [-0.39, 0.29) is 11.6 Å². The predicted octanol–water partition coefficient (Wildman–Crippen LogP) is 2.45. The van der Waals surface area contributed by atoms with Gasteiger partial charge in [0.2, 0.25) is 0 Å². The number of nitrogens with one attached hydrogen (secondary N) is 1. The highest BCUT2D eigenvalue weighted by Gasteiger charge is 2.01. The maximum atomic E-state index is 12.7. The molecule has 3 nitrogen and oxygen atoms in total. The maximum Gasteiger partial charge on any atom is 0.129 e. The van der Waals surface area contributed by atoms with E-state index < -0.39 is 11.6 Å². The second-order valence-corrected chi connectivity index (χ2v) is 3.44. The van der Waals surface area contributed by atoms with Crippen LogP contribution in [0.2, 0.25) is 0 Å². The zero-order valence-electron chi connectivity index (χ0n) is 8.80. The van der Waals surface area contributed by atoms with E-state index in [1.807, 2.05) is 0 Å². The number of benzene rings is 1. The summed E-state index contributed by atoms with van der Waals surface area (Å²) < 4.78 is 30.6. The van der Waals surface area contributed by atoms with Crippen LogP contribution in [0.4, 0.5) is 8.78 Å². The topological polar surface area (TPSA) is 59.1 Å². The Morgan fingerprint density at radius 2 is 1.81 bits per heavy atom.